The van der Waals surface area contributed by atoms with E-state index in [0.717, 1.165) is 21.5 Å². The first-order valence-electron chi connectivity index (χ1n) is 9.11. The number of aromatic nitrogens is 1. The third-order valence-electron chi connectivity index (χ3n) is 4.51. The van der Waals surface area contributed by atoms with Crippen LogP contribution in [0.2, 0.25) is 0 Å². The van der Waals surface area contributed by atoms with Gasteiger partial charge >= 0.3 is 0 Å². The monoisotopic (exact) mass is 388 g/mol. The third-order valence-corrected chi connectivity index (χ3v) is 5.53. The molecule has 0 saturated heterocycles. The number of nitrogens with zero attached hydrogens (tertiary/aromatic N) is 2. The molecule has 4 rings (SSSR count). The normalized spacial score (nSPS) is 10.8. The predicted molar refractivity (Wildman–Crippen MR) is 115 cm³/mol. The van der Waals surface area contributed by atoms with Crippen LogP contribution in [0.25, 0.3) is 10.2 Å². The van der Waals surface area contributed by atoms with Crippen molar-refractivity contribution in [3.05, 3.63) is 84.4 Å². The van der Waals surface area contributed by atoms with Crippen LogP contribution >= 0.6 is 11.3 Å². The van der Waals surface area contributed by atoms with E-state index in [-0.39, 0.29) is 5.91 Å². The lowest BCUT2D eigenvalue weighted by atomic mass is 10.1. The molecule has 0 aliphatic carbocycles. The van der Waals surface area contributed by atoms with Crippen LogP contribution in [-0.2, 0) is 11.2 Å². The van der Waals surface area contributed by atoms with E-state index in [9.17, 15) is 4.79 Å². The van der Waals surface area contributed by atoms with Gasteiger partial charge in [-0.2, -0.15) is 0 Å². The predicted octanol–water partition coefficient (Wildman–Crippen LogP) is 5.60. The topological polar surface area (TPSA) is 42.4 Å². The molecule has 0 unspecified atom stereocenters. The molecular weight excluding hydrogens is 368 g/mol. The van der Waals surface area contributed by atoms with Crippen LogP contribution in [-0.4, -0.2) is 18.0 Å². The standard InChI is InChI=1S/C23H20N2O2S/c1-27-19-11-7-10-18(16-19)25(22(26)15-14-17-8-3-2-4-9-17)23-24-20-12-5-6-13-21(20)28-23/h2-13,16H,14-15H2,1H3. The zero-order chi connectivity index (χ0) is 19.3. The van der Waals surface area contributed by atoms with Gasteiger partial charge in [0.05, 0.1) is 23.0 Å². The van der Waals surface area contributed by atoms with Crippen molar-refractivity contribution in [1.29, 1.82) is 0 Å². The van der Waals surface area contributed by atoms with Crippen molar-refractivity contribution in [3.8, 4) is 5.75 Å². The maximum Gasteiger partial charge on any atom is 0.233 e. The average molecular weight is 388 g/mol. The van der Waals surface area contributed by atoms with E-state index in [1.807, 2.05) is 78.9 Å². The third kappa shape index (κ3) is 3.89. The highest BCUT2D eigenvalue weighted by atomic mass is 32.1. The number of rotatable bonds is 6. The molecule has 0 atom stereocenters. The van der Waals surface area contributed by atoms with E-state index in [0.29, 0.717) is 23.7 Å². The molecule has 0 radical (unpaired) electrons. The molecule has 5 heteroatoms. The summed E-state index contributed by atoms with van der Waals surface area (Å²) in [5, 5.41) is 0.674. The van der Waals surface area contributed by atoms with Crippen LogP contribution in [0.5, 0.6) is 5.75 Å². The van der Waals surface area contributed by atoms with Crippen LogP contribution in [0.4, 0.5) is 10.8 Å². The fourth-order valence-corrected chi connectivity index (χ4v) is 4.08. The van der Waals surface area contributed by atoms with E-state index in [1.165, 1.54) is 11.3 Å². The average Bonchev–Trinajstić information content (AvgIpc) is 3.17. The van der Waals surface area contributed by atoms with Gasteiger partial charge in [0.1, 0.15) is 5.75 Å². The van der Waals surface area contributed by atoms with Crippen molar-refractivity contribution >= 4 is 38.3 Å². The Morgan fingerprint density at radius 2 is 1.79 bits per heavy atom. The second kappa shape index (κ2) is 8.23. The molecule has 1 heterocycles. The Kier molecular flexibility index (Phi) is 5.35. The zero-order valence-corrected chi connectivity index (χ0v) is 16.4. The quantitative estimate of drug-likeness (QED) is 0.432. The zero-order valence-electron chi connectivity index (χ0n) is 15.5. The summed E-state index contributed by atoms with van der Waals surface area (Å²) in [4.78, 5) is 19.7. The highest BCUT2D eigenvalue weighted by molar-refractivity contribution is 7.22. The lowest BCUT2D eigenvalue weighted by molar-refractivity contribution is -0.117. The molecule has 3 aromatic carbocycles. The maximum absolute atomic E-state index is 13.2. The second-order valence-electron chi connectivity index (χ2n) is 6.38. The number of amides is 1. The summed E-state index contributed by atoms with van der Waals surface area (Å²) in [6, 6.07) is 25.5. The van der Waals surface area contributed by atoms with Crippen molar-refractivity contribution in [2.45, 2.75) is 12.8 Å². The summed E-state index contributed by atoms with van der Waals surface area (Å²) in [6.45, 7) is 0. The number of carbonyl (C=O) groups excluding carboxylic acids is 1. The summed E-state index contributed by atoms with van der Waals surface area (Å²) >= 11 is 1.52. The number of anilines is 2. The molecule has 1 aromatic heterocycles. The number of aryl methyl sites for hydroxylation is 1. The first-order chi connectivity index (χ1) is 13.7. The van der Waals surface area contributed by atoms with Crippen LogP contribution in [0, 0.1) is 0 Å². The first-order valence-corrected chi connectivity index (χ1v) is 9.93. The summed E-state index contributed by atoms with van der Waals surface area (Å²) in [5.41, 5.74) is 2.80. The van der Waals surface area contributed by atoms with Gasteiger partial charge < -0.3 is 4.74 Å². The van der Waals surface area contributed by atoms with Gasteiger partial charge in [0.25, 0.3) is 0 Å². The first kappa shape index (κ1) is 18.2. The number of para-hydroxylation sites is 1. The molecule has 0 fully saturated rings. The van der Waals surface area contributed by atoms with Gasteiger partial charge in [-0.25, -0.2) is 4.98 Å². The molecule has 0 bridgehead atoms. The van der Waals surface area contributed by atoms with Crippen molar-refractivity contribution < 1.29 is 9.53 Å². The molecule has 0 saturated carbocycles. The minimum absolute atomic E-state index is 0.0103. The van der Waals surface area contributed by atoms with Gasteiger partial charge in [-0.1, -0.05) is 59.9 Å². The van der Waals surface area contributed by atoms with Gasteiger partial charge in [0, 0.05) is 12.5 Å². The Labute approximate surface area is 168 Å². The fraction of sp³-hybridized carbons (Fsp3) is 0.130. The highest BCUT2D eigenvalue weighted by Crippen LogP contribution is 2.35. The Hall–Kier alpha value is -3.18. The SMILES string of the molecule is COc1cccc(N(C(=O)CCc2ccccc2)c2nc3ccccc3s2)c1. The molecule has 140 valence electrons. The molecule has 0 N–H and O–H groups in total. The number of thiazole rings is 1. The summed E-state index contributed by atoms with van der Waals surface area (Å²) in [5.74, 6) is 0.718. The molecule has 28 heavy (non-hydrogen) atoms. The molecular formula is C23H20N2O2S. The number of hydrogen-bond donors (Lipinski definition) is 0. The van der Waals surface area contributed by atoms with Crippen LogP contribution in [0.3, 0.4) is 0 Å². The van der Waals surface area contributed by atoms with E-state index in [2.05, 4.69) is 0 Å². The fourth-order valence-electron chi connectivity index (χ4n) is 3.07. The second-order valence-corrected chi connectivity index (χ2v) is 7.39. The molecule has 0 spiro atoms. The lowest BCUT2D eigenvalue weighted by Gasteiger charge is -2.20. The summed E-state index contributed by atoms with van der Waals surface area (Å²) in [7, 11) is 1.62. The summed E-state index contributed by atoms with van der Waals surface area (Å²) < 4.78 is 6.41. The smallest absolute Gasteiger partial charge is 0.233 e. The number of carbonyl (C=O) groups is 1. The minimum atomic E-state index is 0.0103. The summed E-state index contributed by atoms with van der Waals surface area (Å²) in [6.07, 6.45) is 1.09. The molecule has 0 aliphatic rings. The van der Waals surface area contributed by atoms with Crippen molar-refractivity contribution in [1.82, 2.24) is 4.98 Å². The van der Waals surface area contributed by atoms with E-state index >= 15 is 0 Å². The van der Waals surface area contributed by atoms with E-state index in [1.54, 1.807) is 12.0 Å². The van der Waals surface area contributed by atoms with Crippen LogP contribution in [0.1, 0.15) is 12.0 Å². The Morgan fingerprint density at radius 1 is 1.00 bits per heavy atom. The van der Waals surface area contributed by atoms with Crippen molar-refractivity contribution in [2.75, 3.05) is 12.0 Å². The Bertz CT molecular complexity index is 1060. The number of methoxy groups -OCH3 is 1. The van der Waals surface area contributed by atoms with Crippen molar-refractivity contribution in [3.63, 3.8) is 0 Å². The van der Waals surface area contributed by atoms with E-state index in [4.69, 9.17) is 9.72 Å². The molecule has 0 aliphatic heterocycles. The van der Waals surface area contributed by atoms with Crippen LogP contribution in [0.15, 0.2) is 78.9 Å². The number of fused-ring (bicyclic) bond motifs is 1. The van der Waals surface area contributed by atoms with Crippen LogP contribution < -0.4 is 9.64 Å². The van der Waals surface area contributed by atoms with Crippen molar-refractivity contribution in [2.24, 2.45) is 0 Å². The number of ether oxygens (including phenoxy) is 1. The molecule has 4 aromatic rings. The molecule has 4 nitrogen and oxygen atoms in total. The largest absolute Gasteiger partial charge is 0.497 e. The van der Waals surface area contributed by atoms with Gasteiger partial charge in [-0.15, -0.1) is 0 Å². The Balaban J connectivity index is 1.69. The van der Waals surface area contributed by atoms with Gasteiger partial charge in [0.15, 0.2) is 5.13 Å². The lowest BCUT2D eigenvalue weighted by Crippen LogP contribution is -2.26. The van der Waals surface area contributed by atoms with E-state index < -0.39 is 0 Å². The Morgan fingerprint density at radius 3 is 2.57 bits per heavy atom. The van der Waals surface area contributed by atoms with Gasteiger partial charge in [-0.05, 0) is 36.2 Å². The highest BCUT2D eigenvalue weighted by Gasteiger charge is 2.22. The van der Waals surface area contributed by atoms with Gasteiger partial charge in [-0.3, -0.25) is 9.69 Å². The molecule has 1 amide bonds. The minimum Gasteiger partial charge on any atom is -0.497 e. The number of hydrogen-bond acceptors (Lipinski definition) is 4. The maximum atomic E-state index is 13.2. The number of benzene rings is 3. The van der Waals surface area contributed by atoms with Gasteiger partial charge in [0.2, 0.25) is 5.91 Å².